The van der Waals surface area contributed by atoms with Crippen molar-refractivity contribution in [3.8, 4) is 0 Å². The molecular formula is C21H20N4O2. The molecule has 2 aromatic carbocycles. The molecule has 0 radical (unpaired) electrons. The van der Waals surface area contributed by atoms with Gasteiger partial charge in [-0.25, -0.2) is 4.79 Å². The topological polar surface area (TPSA) is 85.8 Å². The van der Waals surface area contributed by atoms with Crippen LogP contribution in [-0.4, -0.2) is 14.1 Å². The molecule has 0 aliphatic rings. The van der Waals surface area contributed by atoms with Crippen LogP contribution < -0.4 is 17.0 Å². The zero-order valence-electron chi connectivity index (χ0n) is 15.1. The third-order valence-corrected chi connectivity index (χ3v) is 5.10. The Morgan fingerprint density at radius 3 is 2.33 bits per heavy atom. The van der Waals surface area contributed by atoms with Crippen LogP contribution >= 0.6 is 0 Å². The smallest absolute Gasteiger partial charge is 0.332 e. The summed E-state index contributed by atoms with van der Waals surface area (Å²) in [7, 11) is 3.06. The number of benzene rings is 2. The van der Waals surface area contributed by atoms with Crippen molar-refractivity contribution in [3.63, 3.8) is 0 Å². The molecule has 0 fully saturated rings. The first-order chi connectivity index (χ1) is 13.0. The van der Waals surface area contributed by atoms with Crippen LogP contribution in [0.5, 0.6) is 0 Å². The number of hydrogen-bond donors (Lipinski definition) is 2. The third-order valence-electron chi connectivity index (χ3n) is 5.10. The largest absolute Gasteiger partial charge is 0.385 e. The van der Waals surface area contributed by atoms with Crippen molar-refractivity contribution in [3.05, 3.63) is 98.3 Å². The Kier molecular flexibility index (Phi) is 3.96. The van der Waals surface area contributed by atoms with E-state index >= 15 is 0 Å². The second kappa shape index (κ2) is 6.32. The molecule has 0 amide bonds. The van der Waals surface area contributed by atoms with Gasteiger partial charge in [-0.05, 0) is 17.2 Å². The Balaban J connectivity index is 2.11. The summed E-state index contributed by atoms with van der Waals surface area (Å²) in [6.07, 6.45) is 1.91. The van der Waals surface area contributed by atoms with Crippen LogP contribution in [0, 0.1) is 0 Å². The summed E-state index contributed by atoms with van der Waals surface area (Å²) in [4.78, 5) is 28.6. The molecule has 1 unspecified atom stereocenters. The number of nitrogens with two attached hydrogens (primary N) is 1. The van der Waals surface area contributed by atoms with E-state index in [-0.39, 0.29) is 11.4 Å². The van der Waals surface area contributed by atoms with Crippen LogP contribution in [0.25, 0.3) is 10.9 Å². The molecule has 136 valence electrons. The van der Waals surface area contributed by atoms with E-state index in [1.165, 1.54) is 11.6 Å². The fourth-order valence-corrected chi connectivity index (χ4v) is 3.64. The van der Waals surface area contributed by atoms with E-state index in [1.807, 2.05) is 60.8 Å². The number of nitrogens with zero attached hydrogens (tertiary/aromatic N) is 2. The molecule has 2 heterocycles. The van der Waals surface area contributed by atoms with Crippen LogP contribution in [0.15, 0.2) is 70.4 Å². The quantitative estimate of drug-likeness (QED) is 0.588. The van der Waals surface area contributed by atoms with Gasteiger partial charge in [0, 0.05) is 37.1 Å². The Morgan fingerprint density at radius 1 is 0.926 bits per heavy atom. The maximum atomic E-state index is 13.1. The normalized spacial score (nSPS) is 12.4. The van der Waals surface area contributed by atoms with Gasteiger partial charge >= 0.3 is 5.69 Å². The number of para-hydroxylation sites is 1. The lowest BCUT2D eigenvalue weighted by atomic mass is 9.85. The minimum absolute atomic E-state index is 0.183. The fourth-order valence-electron chi connectivity index (χ4n) is 3.64. The molecule has 6 nitrogen and oxygen atoms in total. The van der Waals surface area contributed by atoms with Crippen LogP contribution in [0.4, 0.5) is 5.82 Å². The van der Waals surface area contributed by atoms with Crippen LogP contribution in [0.1, 0.15) is 22.6 Å². The lowest BCUT2D eigenvalue weighted by molar-refractivity contribution is 0.673. The molecule has 27 heavy (non-hydrogen) atoms. The summed E-state index contributed by atoms with van der Waals surface area (Å²) in [5.41, 5.74) is 8.72. The minimum Gasteiger partial charge on any atom is -0.385 e. The summed E-state index contributed by atoms with van der Waals surface area (Å²) in [6, 6.07) is 17.6. The van der Waals surface area contributed by atoms with E-state index in [1.54, 1.807) is 7.05 Å². The first-order valence-corrected chi connectivity index (χ1v) is 8.67. The maximum absolute atomic E-state index is 13.1. The molecule has 3 N–H and O–H groups in total. The van der Waals surface area contributed by atoms with E-state index in [0.29, 0.717) is 5.56 Å². The number of anilines is 1. The lowest BCUT2D eigenvalue weighted by Gasteiger charge is -2.21. The van der Waals surface area contributed by atoms with Crippen molar-refractivity contribution in [1.29, 1.82) is 0 Å². The summed E-state index contributed by atoms with van der Waals surface area (Å²) >= 11 is 0. The van der Waals surface area contributed by atoms with Crippen LogP contribution in [-0.2, 0) is 14.1 Å². The number of nitrogen functional groups attached to an aromatic ring is 1. The van der Waals surface area contributed by atoms with Crippen molar-refractivity contribution in [1.82, 2.24) is 14.1 Å². The second-order valence-corrected chi connectivity index (χ2v) is 6.64. The lowest BCUT2D eigenvalue weighted by Crippen LogP contribution is -2.41. The molecule has 0 saturated heterocycles. The Hall–Kier alpha value is -3.54. The molecule has 4 rings (SSSR count). The second-order valence-electron chi connectivity index (χ2n) is 6.64. The van der Waals surface area contributed by atoms with Crippen LogP contribution in [0.2, 0.25) is 0 Å². The number of H-pyrrole nitrogens is 1. The molecule has 4 aromatic rings. The Labute approximate surface area is 155 Å². The molecule has 6 heteroatoms. The highest BCUT2D eigenvalue weighted by molar-refractivity contribution is 5.85. The molecule has 0 saturated carbocycles. The fraction of sp³-hybridized carbons (Fsp3) is 0.143. The Bertz CT molecular complexity index is 1250. The van der Waals surface area contributed by atoms with E-state index in [0.717, 1.165) is 26.6 Å². The van der Waals surface area contributed by atoms with Crippen molar-refractivity contribution in [2.24, 2.45) is 14.1 Å². The first-order valence-electron chi connectivity index (χ1n) is 8.67. The average molecular weight is 360 g/mol. The van der Waals surface area contributed by atoms with Gasteiger partial charge in [-0.2, -0.15) is 0 Å². The molecule has 0 bridgehead atoms. The van der Waals surface area contributed by atoms with Crippen molar-refractivity contribution < 1.29 is 0 Å². The zero-order valence-corrected chi connectivity index (χ0v) is 15.1. The van der Waals surface area contributed by atoms with E-state index in [4.69, 9.17) is 5.73 Å². The van der Waals surface area contributed by atoms with Gasteiger partial charge in [-0.15, -0.1) is 0 Å². The summed E-state index contributed by atoms with van der Waals surface area (Å²) < 4.78 is 2.43. The maximum Gasteiger partial charge on any atom is 0.332 e. The number of aromatic nitrogens is 3. The average Bonchev–Trinajstić information content (AvgIpc) is 3.12. The number of hydrogen-bond acceptors (Lipinski definition) is 3. The minimum atomic E-state index is -0.438. The number of rotatable bonds is 3. The van der Waals surface area contributed by atoms with E-state index in [9.17, 15) is 9.59 Å². The van der Waals surface area contributed by atoms with Crippen molar-refractivity contribution in [2.75, 3.05) is 5.73 Å². The van der Waals surface area contributed by atoms with E-state index < -0.39 is 11.6 Å². The van der Waals surface area contributed by atoms with Crippen LogP contribution in [0.3, 0.4) is 0 Å². The summed E-state index contributed by atoms with van der Waals surface area (Å²) in [6.45, 7) is 0. The van der Waals surface area contributed by atoms with Crippen molar-refractivity contribution >= 4 is 16.7 Å². The molecular weight excluding hydrogens is 340 g/mol. The van der Waals surface area contributed by atoms with Gasteiger partial charge in [0.15, 0.2) is 0 Å². The van der Waals surface area contributed by atoms with E-state index in [2.05, 4.69) is 4.98 Å². The standard InChI is InChI=1S/C21H20N4O2/c1-24-19(22)18(20(26)25(2)21(24)27)17(13-8-4-3-5-9-13)15-12-23-16-11-7-6-10-14(15)16/h3-12,17,23H,22H2,1-2H3. The number of nitrogens with one attached hydrogen (secondary N) is 1. The highest BCUT2D eigenvalue weighted by atomic mass is 16.2. The van der Waals surface area contributed by atoms with Gasteiger partial charge in [0.1, 0.15) is 5.82 Å². The molecule has 0 aliphatic heterocycles. The zero-order chi connectivity index (χ0) is 19.1. The molecule has 0 spiro atoms. The van der Waals surface area contributed by atoms with Crippen molar-refractivity contribution in [2.45, 2.75) is 5.92 Å². The highest BCUT2D eigenvalue weighted by Gasteiger charge is 2.27. The number of fused-ring (bicyclic) bond motifs is 1. The first kappa shape index (κ1) is 16.9. The SMILES string of the molecule is Cn1c(N)c(C(c2ccccc2)c2c[nH]c3ccccc23)c(=O)n(C)c1=O. The summed E-state index contributed by atoms with van der Waals surface area (Å²) in [5.74, 6) is -0.213. The third kappa shape index (κ3) is 2.57. The predicted molar refractivity (Wildman–Crippen MR) is 107 cm³/mol. The summed E-state index contributed by atoms with van der Waals surface area (Å²) in [5, 5.41) is 1.02. The monoisotopic (exact) mass is 360 g/mol. The van der Waals surface area contributed by atoms with Gasteiger partial charge in [-0.3, -0.25) is 13.9 Å². The van der Waals surface area contributed by atoms with Gasteiger partial charge < -0.3 is 10.7 Å². The molecule has 0 aliphatic carbocycles. The van der Waals surface area contributed by atoms with Gasteiger partial charge in [0.25, 0.3) is 5.56 Å². The predicted octanol–water partition coefficient (Wildman–Crippen LogP) is 2.33. The Morgan fingerprint density at radius 2 is 1.59 bits per heavy atom. The molecule has 2 aromatic heterocycles. The van der Waals surface area contributed by atoms with Gasteiger partial charge in [0.05, 0.1) is 5.56 Å². The number of aromatic amines is 1. The molecule has 1 atom stereocenters. The van der Waals surface area contributed by atoms with Gasteiger partial charge in [0.2, 0.25) is 0 Å². The van der Waals surface area contributed by atoms with Gasteiger partial charge in [-0.1, -0.05) is 48.5 Å². The highest BCUT2D eigenvalue weighted by Crippen LogP contribution is 2.36.